The number of aliphatic hydroxyl groups is 1. The summed E-state index contributed by atoms with van der Waals surface area (Å²) in [5, 5.41) is 10.6. The summed E-state index contributed by atoms with van der Waals surface area (Å²) in [6, 6.07) is 0. The summed E-state index contributed by atoms with van der Waals surface area (Å²) in [4.78, 5) is 0. The van der Waals surface area contributed by atoms with Gasteiger partial charge in [0.25, 0.3) is 0 Å². The molecule has 1 N–H and O–H groups in total. The van der Waals surface area contributed by atoms with Crippen LogP contribution in [0.25, 0.3) is 0 Å². The molecule has 4 aliphatic rings. The molecule has 0 aromatic carbocycles. The van der Waals surface area contributed by atoms with Gasteiger partial charge in [-0.2, -0.15) is 0 Å². The summed E-state index contributed by atoms with van der Waals surface area (Å²) in [7, 11) is 1.91. The van der Waals surface area contributed by atoms with Crippen molar-refractivity contribution in [2.75, 3.05) is 13.7 Å². The summed E-state index contributed by atoms with van der Waals surface area (Å²) in [5.41, 5.74) is 0.751. The molecule has 4 saturated carbocycles. The minimum atomic E-state index is -0.257. The van der Waals surface area contributed by atoms with Crippen LogP contribution in [0.1, 0.15) is 72.1 Å². The van der Waals surface area contributed by atoms with Crippen LogP contribution in [0.3, 0.4) is 0 Å². The van der Waals surface area contributed by atoms with E-state index in [-0.39, 0.29) is 12.2 Å². The first kappa shape index (κ1) is 18.3. The van der Waals surface area contributed by atoms with Gasteiger partial charge in [0.05, 0.1) is 18.3 Å². The molecule has 4 unspecified atom stereocenters. The van der Waals surface area contributed by atoms with Gasteiger partial charge in [-0.3, -0.25) is 0 Å². The van der Waals surface area contributed by atoms with Gasteiger partial charge in [-0.25, -0.2) is 0 Å². The second-order valence-corrected chi connectivity index (χ2v) is 10.0. The third-order valence-electron chi connectivity index (χ3n) is 9.24. The number of fused-ring (bicyclic) bond motifs is 5. The van der Waals surface area contributed by atoms with E-state index in [2.05, 4.69) is 20.8 Å². The van der Waals surface area contributed by atoms with Crippen LogP contribution in [0.5, 0.6) is 0 Å². The van der Waals surface area contributed by atoms with Gasteiger partial charge in [0, 0.05) is 13.7 Å². The van der Waals surface area contributed by atoms with Crippen LogP contribution in [-0.2, 0) is 9.47 Å². The molecule has 0 saturated heterocycles. The van der Waals surface area contributed by atoms with Gasteiger partial charge in [-0.1, -0.05) is 13.8 Å². The van der Waals surface area contributed by atoms with E-state index in [4.69, 9.17) is 9.47 Å². The highest BCUT2D eigenvalue weighted by Crippen LogP contribution is 2.66. The van der Waals surface area contributed by atoms with Crippen LogP contribution in [0.15, 0.2) is 0 Å². The maximum atomic E-state index is 10.6. The van der Waals surface area contributed by atoms with Crippen molar-refractivity contribution in [3.63, 3.8) is 0 Å². The normalized spacial score (nSPS) is 55.3. The van der Waals surface area contributed by atoms with Crippen molar-refractivity contribution in [3.05, 3.63) is 0 Å². The molecule has 3 heteroatoms. The van der Waals surface area contributed by atoms with Crippen LogP contribution < -0.4 is 0 Å². The second kappa shape index (κ2) is 6.49. The van der Waals surface area contributed by atoms with Gasteiger partial charge < -0.3 is 14.6 Å². The van der Waals surface area contributed by atoms with Crippen LogP contribution in [-0.4, -0.2) is 37.1 Å². The Morgan fingerprint density at radius 1 is 1.00 bits per heavy atom. The lowest BCUT2D eigenvalue weighted by molar-refractivity contribution is -0.174. The average Bonchev–Trinajstić information content (AvgIpc) is 2.93. The van der Waals surface area contributed by atoms with Crippen molar-refractivity contribution in [1.82, 2.24) is 0 Å². The molecule has 0 heterocycles. The number of methoxy groups -OCH3 is 1. The molecule has 4 aliphatic carbocycles. The Morgan fingerprint density at radius 2 is 1.76 bits per heavy atom. The van der Waals surface area contributed by atoms with Gasteiger partial charge >= 0.3 is 0 Å². The molecule has 0 aromatic rings. The number of rotatable bonds is 3. The van der Waals surface area contributed by atoms with Crippen LogP contribution in [0.4, 0.5) is 0 Å². The summed E-state index contributed by atoms with van der Waals surface area (Å²) in [5.74, 6) is 3.20. The molecule has 25 heavy (non-hydrogen) atoms. The monoisotopic (exact) mass is 350 g/mol. The average molecular weight is 351 g/mol. The van der Waals surface area contributed by atoms with Crippen molar-refractivity contribution in [2.24, 2.45) is 34.5 Å². The molecule has 9 atom stereocenters. The molecule has 4 fully saturated rings. The Labute approximate surface area is 153 Å². The summed E-state index contributed by atoms with van der Waals surface area (Å²) < 4.78 is 11.9. The first-order valence-corrected chi connectivity index (χ1v) is 10.8. The van der Waals surface area contributed by atoms with Crippen molar-refractivity contribution in [2.45, 2.75) is 90.4 Å². The highest BCUT2D eigenvalue weighted by Gasteiger charge is 2.61. The highest BCUT2D eigenvalue weighted by molar-refractivity contribution is 5.10. The molecule has 144 valence electrons. The minimum Gasteiger partial charge on any atom is -0.390 e. The molecule has 0 aromatic heterocycles. The lowest BCUT2D eigenvalue weighted by Crippen LogP contribution is -2.57. The predicted octanol–water partition coefficient (Wildman–Crippen LogP) is 4.42. The lowest BCUT2D eigenvalue weighted by Gasteiger charge is -2.61. The third-order valence-corrected chi connectivity index (χ3v) is 9.24. The Kier molecular flexibility index (Phi) is 4.74. The van der Waals surface area contributed by atoms with E-state index in [9.17, 15) is 5.11 Å². The fourth-order valence-electron chi connectivity index (χ4n) is 7.98. The fourth-order valence-corrected chi connectivity index (χ4v) is 7.98. The van der Waals surface area contributed by atoms with E-state index in [0.717, 1.165) is 30.6 Å². The second-order valence-electron chi connectivity index (χ2n) is 10.0. The molecule has 0 amide bonds. The van der Waals surface area contributed by atoms with E-state index in [1.54, 1.807) is 0 Å². The summed E-state index contributed by atoms with van der Waals surface area (Å²) in [6.07, 6.45) is 10.2. The SMILES string of the molecule is CCOC1C[C@@]2(C)C(CC[C@@H]3[C@H]2CC[C@]2(C)C(OC)CC[C@@H]32)CC1O. The highest BCUT2D eigenvalue weighted by atomic mass is 16.5. The van der Waals surface area contributed by atoms with E-state index in [0.29, 0.717) is 29.5 Å². The van der Waals surface area contributed by atoms with Crippen LogP contribution in [0, 0.1) is 34.5 Å². The number of hydrogen-bond donors (Lipinski definition) is 1. The zero-order chi connectivity index (χ0) is 17.8. The minimum absolute atomic E-state index is 0.0496. The predicted molar refractivity (Wildman–Crippen MR) is 99.3 cm³/mol. The molecule has 0 aliphatic heterocycles. The number of aliphatic hydroxyl groups excluding tert-OH is 1. The van der Waals surface area contributed by atoms with Gasteiger partial charge in [0.2, 0.25) is 0 Å². The Balaban J connectivity index is 1.59. The van der Waals surface area contributed by atoms with E-state index in [1.165, 1.54) is 38.5 Å². The Hall–Kier alpha value is -0.120. The zero-order valence-corrected chi connectivity index (χ0v) is 16.7. The van der Waals surface area contributed by atoms with E-state index >= 15 is 0 Å². The Morgan fingerprint density at radius 3 is 2.48 bits per heavy atom. The van der Waals surface area contributed by atoms with Gasteiger partial charge in [-0.15, -0.1) is 0 Å². The fraction of sp³-hybridized carbons (Fsp3) is 1.00. The van der Waals surface area contributed by atoms with Crippen LogP contribution >= 0.6 is 0 Å². The van der Waals surface area contributed by atoms with E-state index in [1.807, 2.05) is 7.11 Å². The van der Waals surface area contributed by atoms with Gasteiger partial charge in [0.1, 0.15) is 0 Å². The van der Waals surface area contributed by atoms with Crippen LogP contribution in [0.2, 0.25) is 0 Å². The van der Waals surface area contributed by atoms with Crippen molar-refractivity contribution in [1.29, 1.82) is 0 Å². The zero-order valence-electron chi connectivity index (χ0n) is 16.7. The quantitative estimate of drug-likeness (QED) is 0.819. The first-order chi connectivity index (χ1) is 11.9. The molecule has 3 nitrogen and oxygen atoms in total. The molecule has 0 spiro atoms. The topological polar surface area (TPSA) is 38.7 Å². The maximum absolute atomic E-state index is 10.6. The van der Waals surface area contributed by atoms with Gasteiger partial charge in [0.15, 0.2) is 0 Å². The summed E-state index contributed by atoms with van der Waals surface area (Å²) >= 11 is 0. The third kappa shape index (κ3) is 2.63. The largest absolute Gasteiger partial charge is 0.390 e. The lowest BCUT2D eigenvalue weighted by atomic mass is 9.45. The van der Waals surface area contributed by atoms with Crippen molar-refractivity contribution < 1.29 is 14.6 Å². The molecule has 0 radical (unpaired) electrons. The molecular weight excluding hydrogens is 312 g/mol. The van der Waals surface area contributed by atoms with Gasteiger partial charge in [-0.05, 0) is 92.8 Å². The smallest absolute Gasteiger partial charge is 0.0839 e. The number of ether oxygens (including phenoxy) is 2. The van der Waals surface area contributed by atoms with Crippen molar-refractivity contribution in [3.8, 4) is 0 Å². The van der Waals surface area contributed by atoms with Crippen molar-refractivity contribution >= 4 is 0 Å². The first-order valence-electron chi connectivity index (χ1n) is 10.8. The standard InChI is InChI=1S/C22H38O3/c1-5-25-19-13-22(3)14(12-18(19)23)6-7-15-16-8-9-20(24-4)21(16,2)11-10-17(15)22/h14-20,23H,5-13H2,1-4H3/t14?,15-,16-,17+,18?,19?,20?,21-,22-/m0/s1. The van der Waals surface area contributed by atoms with E-state index < -0.39 is 0 Å². The number of hydrogen-bond acceptors (Lipinski definition) is 3. The molecule has 0 bridgehead atoms. The summed E-state index contributed by atoms with van der Waals surface area (Å²) in [6.45, 7) is 7.82. The molecule has 4 rings (SSSR count). The maximum Gasteiger partial charge on any atom is 0.0839 e. The Bertz CT molecular complexity index is 494. The molecular formula is C22H38O3.